The van der Waals surface area contributed by atoms with Gasteiger partial charge in [-0.1, -0.05) is 43.0 Å². The summed E-state index contributed by atoms with van der Waals surface area (Å²) < 4.78 is 0. The molecular formula is C11H13NOS. The number of hydrogen-bond donors (Lipinski definition) is 0. The van der Waals surface area contributed by atoms with Gasteiger partial charge in [0.2, 0.25) is 0 Å². The Hall–Kier alpha value is -0.960. The van der Waals surface area contributed by atoms with Gasteiger partial charge in [-0.3, -0.25) is 4.79 Å². The maximum Gasteiger partial charge on any atom is 0.282 e. The fraction of sp³-hybridized carbons (Fsp3) is 0.364. The van der Waals surface area contributed by atoms with Gasteiger partial charge >= 0.3 is 0 Å². The molecule has 0 aliphatic carbocycles. The van der Waals surface area contributed by atoms with Crippen molar-refractivity contribution < 1.29 is 4.79 Å². The van der Waals surface area contributed by atoms with Gasteiger partial charge in [-0.25, -0.2) is 0 Å². The van der Waals surface area contributed by atoms with Gasteiger partial charge < -0.3 is 4.90 Å². The highest BCUT2D eigenvalue weighted by atomic mass is 32.2. The summed E-state index contributed by atoms with van der Waals surface area (Å²) in [7, 11) is 0. The van der Waals surface area contributed by atoms with Crippen LogP contribution in [-0.4, -0.2) is 15.9 Å². The van der Waals surface area contributed by atoms with Crippen LogP contribution in [0.1, 0.15) is 18.1 Å². The summed E-state index contributed by atoms with van der Waals surface area (Å²) in [6.07, 6.45) is 0. The van der Waals surface area contributed by atoms with Crippen molar-refractivity contribution in [3.8, 4) is 0 Å². The Morgan fingerprint density at radius 2 is 1.93 bits per heavy atom. The van der Waals surface area contributed by atoms with Crippen LogP contribution in [0.25, 0.3) is 0 Å². The zero-order valence-corrected chi connectivity index (χ0v) is 9.01. The first-order valence-electron chi connectivity index (χ1n) is 4.79. The summed E-state index contributed by atoms with van der Waals surface area (Å²) in [6, 6.07) is 8.25. The van der Waals surface area contributed by atoms with E-state index in [9.17, 15) is 4.79 Å². The van der Waals surface area contributed by atoms with E-state index in [1.807, 2.05) is 24.0 Å². The Balaban J connectivity index is 2.08. The molecule has 0 aromatic heterocycles. The minimum atomic E-state index is 0.198. The highest BCUT2D eigenvalue weighted by molar-refractivity contribution is 8.13. The predicted molar refractivity (Wildman–Crippen MR) is 59.2 cm³/mol. The first kappa shape index (κ1) is 9.59. The van der Waals surface area contributed by atoms with Crippen LogP contribution < -0.4 is 0 Å². The van der Waals surface area contributed by atoms with Crippen molar-refractivity contribution >= 4 is 17.0 Å². The summed E-state index contributed by atoms with van der Waals surface area (Å²) in [5.74, 6) is 0.853. The van der Waals surface area contributed by atoms with E-state index in [0.717, 1.165) is 18.8 Å². The molecule has 0 fully saturated rings. The van der Waals surface area contributed by atoms with Crippen LogP contribution in [0, 0.1) is 0 Å². The standard InChI is InChI=1S/C11H13NOS/c1-2-14-11(13)12-7-9-5-3-4-6-10(9)8-12/h3-6H,2,7-8H2,1H3. The zero-order valence-electron chi connectivity index (χ0n) is 8.19. The van der Waals surface area contributed by atoms with Gasteiger partial charge in [0.1, 0.15) is 0 Å². The average Bonchev–Trinajstić information content (AvgIpc) is 2.61. The van der Waals surface area contributed by atoms with Crippen LogP contribution >= 0.6 is 11.8 Å². The molecule has 2 nitrogen and oxygen atoms in total. The number of amides is 1. The van der Waals surface area contributed by atoms with E-state index in [-0.39, 0.29) is 5.24 Å². The molecule has 1 heterocycles. The fourth-order valence-corrected chi connectivity index (χ4v) is 2.24. The van der Waals surface area contributed by atoms with Crippen LogP contribution in [0.2, 0.25) is 0 Å². The zero-order chi connectivity index (χ0) is 9.97. The molecule has 1 aliphatic heterocycles. The first-order chi connectivity index (χ1) is 6.81. The summed E-state index contributed by atoms with van der Waals surface area (Å²) >= 11 is 1.39. The van der Waals surface area contributed by atoms with Crippen molar-refractivity contribution in [2.24, 2.45) is 0 Å². The molecule has 0 saturated carbocycles. The van der Waals surface area contributed by atoms with E-state index in [4.69, 9.17) is 0 Å². The van der Waals surface area contributed by atoms with Gasteiger partial charge in [-0.15, -0.1) is 0 Å². The molecule has 0 atom stereocenters. The number of nitrogens with zero attached hydrogens (tertiary/aromatic N) is 1. The van der Waals surface area contributed by atoms with Crippen LogP contribution in [0.5, 0.6) is 0 Å². The molecule has 1 aliphatic rings. The summed E-state index contributed by atoms with van der Waals surface area (Å²) in [6.45, 7) is 3.57. The normalized spacial score (nSPS) is 14.2. The van der Waals surface area contributed by atoms with Gasteiger partial charge in [0.05, 0.1) is 0 Å². The Kier molecular flexibility index (Phi) is 2.77. The Morgan fingerprint density at radius 1 is 1.36 bits per heavy atom. The lowest BCUT2D eigenvalue weighted by atomic mass is 10.1. The second kappa shape index (κ2) is 4.05. The van der Waals surface area contributed by atoms with Crippen molar-refractivity contribution in [2.75, 3.05) is 5.75 Å². The van der Waals surface area contributed by atoms with E-state index >= 15 is 0 Å². The fourth-order valence-electron chi connectivity index (χ4n) is 1.68. The van der Waals surface area contributed by atoms with E-state index in [0.29, 0.717) is 0 Å². The molecule has 0 unspecified atom stereocenters. The van der Waals surface area contributed by atoms with Crippen molar-refractivity contribution in [3.63, 3.8) is 0 Å². The van der Waals surface area contributed by atoms with Crippen molar-refractivity contribution in [1.82, 2.24) is 4.90 Å². The number of carbonyl (C=O) groups excluding carboxylic acids is 1. The molecule has 74 valence electrons. The molecule has 1 aromatic rings. The topological polar surface area (TPSA) is 20.3 Å². The largest absolute Gasteiger partial charge is 0.325 e. The van der Waals surface area contributed by atoms with Crippen LogP contribution in [0.15, 0.2) is 24.3 Å². The third-order valence-electron chi connectivity index (χ3n) is 2.37. The highest BCUT2D eigenvalue weighted by Gasteiger charge is 2.22. The molecule has 0 radical (unpaired) electrons. The molecule has 0 bridgehead atoms. The number of thioether (sulfide) groups is 1. The lowest BCUT2D eigenvalue weighted by molar-refractivity contribution is 0.224. The Morgan fingerprint density at radius 3 is 2.43 bits per heavy atom. The van der Waals surface area contributed by atoms with Crippen molar-refractivity contribution in [3.05, 3.63) is 35.4 Å². The number of rotatable bonds is 1. The molecule has 2 rings (SSSR count). The van der Waals surface area contributed by atoms with Crippen LogP contribution in [0.4, 0.5) is 4.79 Å². The lowest BCUT2D eigenvalue weighted by Gasteiger charge is -2.13. The van der Waals surface area contributed by atoms with Crippen LogP contribution in [-0.2, 0) is 13.1 Å². The predicted octanol–water partition coefficient (Wildman–Crippen LogP) is 2.88. The van der Waals surface area contributed by atoms with Gasteiger partial charge in [0.25, 0.3) is 5.24 Å². The van der Waals surface area contributed by atoms with Gasteiger partial charge in [0.15, 0.2) is 0 Å². The number of hydrogen-bond acceptors (Lipinski definition) is 2. The van der Waals surface area contributed by atoms with Gasteiger partial charge in [-0.2, -0.15) is 0 Å². The third kappa shape index (κ3) is 1.77. The number of fused-ring (bicyclic) bond motifs is 1. The average molecular weight is 207 g/mol. The third-order valence-corrected chi connectivity index (χ3v) is 3.16. The van der Waals surface area contributed by atoms with E-state index < -0.39 is 0 Å². The number of carbonyl (C=O) groups is 1. The minimum absolute atomic E-state index is 0.198. The second-order valence-corrected chi connectivity index (χ2v) is 4.54. The second-order valence-electron chi connectivity index (χ2n) is 3.32. The van der Waals surface area contributed by atoms with E-state index in [2.05, 4.69) is 12.1 Å². The monoisotopic (exact) mass is 207 g/mol. The summed E-state index contributed by atoms with van der Waals surface area (Å²) in [5.41, 5.74) is 2.58. The van der Waals surface area contributed by atoms with Crippen molar-refractivity contribution in [2.45, 2.75) is 20.0 Å². The molecule has 14 heavy (non-hydrogen) atoms. The van der Waals surface area contributed by atoms with E-state index in [1.54, 1.807) is 0 Å². The molecule has 0 spiro atoms. The first-order valence-corrected chi connectivity index (χ1v) is 5.78. The maximum absolute atomic E-state index is 11.6. The van der Waals surface area contributed by atoms with E-state index in [1.165, 1.54) is 22.9 Å². The SMILES string of the molecule is CCSC(=O)N1Cc2ccccc2C1. The molecular weight excluding hydrogens is 194 g/mol. The minimum Gasteiger partial charge on any atom is -0.325 e. The summed E-state index contributed by atoms with van der Waals surface area (Å²) in [5, 5.41) is 0.198. The smallest absolute Gasteiger partial charge is 0.282 e. The summed E-state index contributed by atoms with van der Waals surface area (Å²) in [4.78, 5) is 13.5. The molecule has 0 saturated heterocycles. The van der Waals surface area contributed by atoms with Gasteiger partial charge in [-0.05, 0) is 16.9 Å². The van der Waals surface area contributed by atoms with Crippen LogP contribution in [0.3, 0.4) is 0 Å². The highest BCUT2D eigenvalue weighted by Crippen LogP contribution is 2.25. The molecule has 1 amide bonds. The number of benzene rings is 1. The lowest BCUT2D eigenvalue weighted by Crippen LogP contribution is -2.20. The maximum atomic E-state index is 11.6. The Bertz CT molecular complexity index is 326. The van der Waals surface area contributed by atoms with Crippen molar-refractivity contribution in [1.29, 1.82) is 0 Å². The molecule has 3 heteroatoms. The Labute approximate surface area is 88.3 Å². The molecule has 1 aromatic carbocycles. The van der Waals surface area contributed by atoms with Gasteiger partial charge in [0, 0.05) is 13.1 Å². The quantitative estimate of drug-likeness (QED) is 0.705. The molecule has 0 N–H and O–H groups in total.